The molecule has 104 valence electrons. The second-order valence-corrected chi connectivity index (χ2v) is 4.15. The van der Waals surface area contributed by atoms with Gasteiger partial charge < -0.3 is 0 Å². The first-order valence-electron chi connectivity index (χ1n) is 6.40. The number of hydrogen-bond acceptors (Lipinski definition) is 2. The molecule has 0 aliphatic heterocycles. The van der Waals surface area contributed by atoms with Gasteiger partial charge in [-0.1, -0.05) is 36.1 Å². The molecule has 2 heteroatoms. The van der Waals surface area contributed by atoms with E-state index in [9.17, 15) is 9.59 Å². The Balaban J connectivity index is 3.13. The van der Waals surface area contributed by atoms with Gasteiger partial charge in [0.2, 0.25) is 11.6 Å². The van der Waals surface area contributed by atoms with Crippen LogP contribution in [0.15, 0.2) is 47.6 Å². The molecule has 0 unspecified atom stereocenters. The van der Waals surface area contributed by atoms with Gasteiger partial charge >= 0.3 is 0 Å². The fourth-order valence-electron chi connectivity index (χ4n) is 1.17. The maximum absolute atomic E-state index is 11.4. The Bertz CT molecular complexity index is 770. The van der Waals surface area contributed by atoms with Crippen LogP contribution in [0, 0.1) is 47.4 Å². The zero-order valence-electron chi connectivity index (χ0n) is 12.3. The van der Waals surface area contributed by atoms with E-state index in [-0.39, 0.29) is 0 Å². The molecule has 0 saturated carbocycles. The van der Waals surface area contributed by atoms with Crippen molar-refractivity contribution in [2.45, 2.75) is 13.8 Å². The molecular weight excluding hydrogens is 272 g/mol. The van der Waals surface area contributed by atoms with Crippen LogP contribution < -0.4 is 0 Å². The maximum Gasteiger partial charge on any atom is 0.229 e. The van der Waals surface area contributed by atoms with Crippen LogP contribution >= 0.6 is 0 Å². The molecule has 1 rings (SSSR count). The summed E-state index contributed by atoms with van der Waals surface area (Å²) in [6, 6.07) is 0. The van der Waals surface area contributed by atoms with Crippen LogP contribution in [0.1, 0.15) is 13.8 Å². The van der Waals surface area contributed by atoms with Crippen molar-refractivity contribution in [2.75, 3.05) is 0 Å². The Kier molecular flexibility index (Phi) is 7.12. The van der Waals surface area contributed by atoms with Gasteiger partial charge in [0.05, 0.1) is 0 Å². The van der Waals surface area contributed by atoms with Gasteiger partial charge in [-0.15, -0.1) is 0 Å². The van der Waals surface area contributed by atoms with Crippen LogP contribution in [-0.2, 0) is 9.59 Å². The SMILES string of the molecule is CC1=CC=CC(=O)C#CC#CC(=O)C=CC=C(C)C#CC#C1. The van der Waals surface area contributed by atoms with Crippen LogP contribution in [-0.4, -0.2) is 11.6 Å². The van der Waals surface area contributed by atoms with Crippen molar-refractivity contribution < 1.29 is 9.59 Å². The predicted octanol–water partition coefficient (Wildman–Crippen LogP) is 2.16. The third-order valence-corrected chi connectivity index (χ3v) is 2.20. The van der Waals surface area contributed by atoms with E-state index in [1.807, 2.05) is 13.8 Å². The lowest BCUT2D eigenvalue weighted by Gasteiger charge is -1.83. The molecule has 2 nitrogen and oxygen atoms in total. The van der Waals surface area contributed by atoms with Gasteiger partial charge in [0.15, 0.2) is 0 Å². The van der Waals surface area contributed by atoms with Crippen LogP contribution in [0.4, 0.5) is 0 Å². The van der Waals surface area contributed by atoms with E-state index in [1.165, 1.54) is 12.2 Å². The molecule has 1 aliphatic rings. The van der Waals surface area contributed by atoms with Crippen LogP contribution in [0.3, 0.4) is 0 Å². The van der Waals surface area contributed by atoms with Gasteiger partial charge in [-0.3, -0.25) is 9.59 Å². The van der Waals surface area contributed by atoms with E-state index in [0.29, 0.717) is 0 Å². The van der Waals surface area contributed by atoms with Crippen molar-refractivity contribution in [2.24, 2.45) is 0 Å². The first-order chi connectivity index (χ1) is 10.6. The third-order valence-electron chi connectivity index (χ3n) is 2.20. The van der Waals surface area contributed by atoms with E-state index >= 15 is 0 Å². The van der Waals surface area contributed by atoms with E-state index in [0.717, 1.165) is 11.1 Å². The second-order valence-electron chi connectivity index (χ2n) is 4.15. The number of carbonyl (C=O) groups excluding carboxylic acids is 2. The topological polar surface area (TPSA) is 34.1 Å². The Morgan fingerprint density at radius 3 is 1.41 bits per heavy atom. The van der Waals surface area contributed by atoms with Gasteiger partial charge in [-0.2, -0.15) is 0 Å². The highest BCUT2D eigenvalue weighted by molar-refractivity contribution is 6.06. The summed E-state index contributed by atoms with van der Waals surface area (Å²) in [5.74, 6) is 19.6. The maximum atomic E-state index is 11.4. The van der Waals surface area contributed by atoms with E-state index < -0.39 is 11.6 Å². The van der Waals surface area contributed by atoms with Gasteiger partial charge in [-0.05, 0) is 72.7 Å². The van der Waals surface area contributed by atoms with Gasteiger partial charge in [0, 0.05) is 0 Å². The molecule has 0 fully saturated rings. The molecular formula is C20H12O2. The summed E-state index contributed by atoms with van der Waals surface area (Å²) in [4.78, 5) is 22.8. The molecule has 22 heavy (non-hydrogen) atoms. The number of allylic oxidation sites excluding steroid dienone is 8. The molecule has 0 aromatic heterocycles. The number of ketones is 2. The van der Waals surface area contributed by atoms with Gasteiger partial charge in [0.25, 0.3) is 0 Å². The molecule has 0 spiro atoms. The Morgan fingerprint density at radius 1 is 0.636 bits per heavy atom. The standard InChI is InChI=1S/C20H12O2/c1-17-9-3-4-10-18(2)12-8-16-20(22)14-6-5-13-19(21)15-7-11-17/h7-8,11-12,15-16H,1-2H3. The molecule has 0 bridgehead atoms. The third kappa shape index (κ3) is 7.86. The summed E-state index contributed by atoms with van der Waals surface area (Å²) in [5.41, 5.74) is 1.55. The van der Waals surface area contributed by atoms with Crippen molar-refractivity contribution in [1.82, 2.24) is 0 Å². The summed E-state index contributed by atoms with van der Waals surface area (Å²) in [5, 5.41) is 0. The van der Waals surface area contributed by atoms with Crippen molar-refractivity contribution >= 4 is 11.6 Å². The highest BCUT2D eigenvalue weighted by Gasteiger charge is 1.87. The first-order valence-corrected chi connectivity index (χ1v) is 6.40. The highest BCUT2D eigenvalue weighted by Crippen LogP contribution is 1.92. The lowest BCUT2D eigenvalue weighted by molar-refractivity contribution is -0.110. The largest absolute Gasteiger partial charge is 0.280 e. The second kappa shape index (κ2) is 9.44. The minimum absolute atomic E-state index is 0.395. The summed E-state index contributed by atoms with van der Waals surface area (Å²) in [7, 11) is 0. The summed E-state index contributed by atoms with van der Waals surface area (Å²) >= 11 is 0. The minimum Gasteiger partial charge on any atom is -0.280 e. The van der Waals surface area contributed by atoms with E-state index in [1.54, 1.807) is 24.3 Å². The monoisotopic (exact) mass is 284 g/mol. The molecule has 0 radical (unpaired) electrons. The minimum atomic E-state index is -0.395. The quantitative estimate of drug-likeness (QED) is 0.504. The highest BCUT2D eigenvalue weighted by atomic mass is 16.1. The molecule has 0 saturated heterocycles. The molecule has 0 aromatic carbocycles. The summed E-state index contributed by atoms with van der Waals surface area (Å²) < 4.78 is 0. The Labute approximate surface area is 130 Å². The molecule has 1 aliphatic carbocycles. The molecule has 0 aromatic rings. The van der Waals surface area contributed by atoms with Gasteiger partial charge in [-0.25, -0.2) is 0 Å². The summed E-state index contributed by atoms with van der Waals surface area (Å²) in [6.07, 6.45) is 9.12. The Hall–Kier alpha value is -3.46. The van der Waals surface area contributed by atoms with Crippen molar-refractivity contribution in [3.63, 3.8) is 0 Å². The fourth-order valence-corrected chi connectivity index (χ4v) is 1.17. The van der Waals surface area contributed by atoms with E-state index in [2.05, 4.69) is 47.4 Å². The zero-order valence-corrected chi connectivity index (χ0v) is 12.3. The van der Waals surface area contributed by atoms with Crippen molar-refractivity contribution in [3.05, 3.63) is 47.6 Å². The lowest BCUT2D eigenvalue weighted by atomic mass is 10.2. The number of rotatable bonds is 0. The molecule has 0 atom stereocenters. The molecule has 0 amide bonds. The smallest absolute Gasteiger partial charge is 0.229 e. The van der Waals surface area contributed by atoms with Gasteiger partial charge in [0.1, 0.15) is 0 Å². The Morgan fingerprint density at radius 2 is 1.00 bits per heavy atom. The zero-order chi connectivity index (χ0) is 16.2. The number of hydrogen-bond donors (Lipinski definition) is 0. The van der Waals surface area contributed by atoms with Crippen molar-refractivity contribution in [1.29, 1.82) is 0 Å². The normalized spacial score (nSPS) is 14.3. The molecule has 0 N–H and O–H groups in total. The summed E-state index contributed by atoms with van der Waals surface area (Å²) in [6.45, 7) is 3.63. The first kappa shape index (κ1) is 16.6. The average molecular weight is 284 g/mol. The van der Waals surface area contributed by atoms with E-state index in [4.69, 9.17) is 0 Å². The van der Waals surface area contributed by atoms with Crippen molar-refractivity contribution in [3.8, 4) is 47.4 Å². The van der Waals surface area contributed by atoms with Crippen LogP contribution in [0.2, 0.25) is 0 Å². The van der Waals surface area contributed by atoms with Crippen LogP contribution in [0.5, 0.6) is 0 Å². The lowest BCUT2D eigenvalue weighted by Crippen LogP contribution is -1.86. The fraction of sp³-hybridized carbons (Fsp3) is 0.100. The van der Waals surface area contributed by atoms with Crippen LogP contribution in [0.25, 0.3) is 0 Å². The average Bonchev–Trinajstić information content (AvgIpc) is 2.47. The molecule has 0 heterocycles. The number of carbonyl (C=O) groups is 2. The predicted molar refractivity (Wildman–Crippen MR) is 86.9 cm³/mol.